The Balaban J connectivity index is 2.50. The first-order valence-corrected chi connectivity index (χ1v) is 5.81. The van der Waals surface area contributed by atoms with Crippen molar-refractivity contribution in [1.82, 2.24) is 5.32 Å². The van der Waals surface area contributed by atoms with Crippen LogP contribution in [0.25, 0.3) is 0 Å². The van der Waals surface area contributed by atoms with Gasteiger partial charge in [0.2, 0.25) is 0 Å². The van der Waals surface area contributed by atoms with E-state index in [1.165, 1.54) is 6.07 Å². The van der Waals surface area contributed by atoms with E-state index in [4.69, 9.17) is 34.8 Å². The second-order valence-electron chi connectivity index (χ2n) is 3.61. The van der Waals surface area contributed by atoms with E-state index in [0.29, 0.717) is 15.6 Å². The smallest absolute Gasteiger partial charge is 0.122 e. The number of halogens is 3. The third kappa shape index (κ3) is 2.04. The van der Waals surface area contributed by atoms with Crippen molar-refractivity contribution in [3.63, 3.8) is 0 Å². The average Bonchev–Trinajstić information content (AvgIpc) is 2.68. The maximum Gasteiger partial charge on any atom is 0.122 e. The number of benzene rings is 1. The standard InChI is InChI=1S/C10H10Cl3NO/c11-6-3-7(15)8(10(13)9(6)12)5-1-2-14-4-5/h3,5,14-15H,1-2,4H2/t5-/m0/s1. The molecule has 0 aromatic heterocycles. The third-order valence-electron chi connectivity index (χ3n) is 2.65. The fraction of sp³-hybridized carbons (Fsp3) is 0.400. The lowest BCUT2D eigenvalue weighted by Crippen LogP contribution is -2.08. The zero-order chi connectivity index (χ0) is 11.0. The van der Waals surface area contributed by atoms with Gasteiger partial charge in [-0.1, -0.05) is 34.8 Å². The van der Waals surface area contributed by atoms with Crippen LogP contribution in [-0.4, -0.2) is 18.2 Å². The molecule has 82 valence electrons. The van der Waals surface area contributed by atoms with Gasteiger partial charge in [0.05, 0.1) is 15.1 Å². The third-order valence-corrected chi connectivity index (χ3v) is 3.92. The van der Waals surface area contributed by atoms with Crippen molar-refractivity contribution in [3.05, 3.63) is 26.7 Å². The Morgan fingerprint density at radius 3 is 2.60 bits per heavy atom. The van der Waals surface area contributed by atoms with Crippen LogP contribution in [0, 0.1) is 0 Å². The summed E-state index contributed by atoms with van der Waals surface area (Å²) < 4.78 is 0. The van der Waals surface area contributed by atoms with Crippen molar-refractivity contribution in [2.24, 2.45) is 0 Å². The van der Waals surface area contributed by atoms with Gasteiger partial charge in [-0.25, -0.2) is 0 Å². The Kier molecular flexibility index (Phi) is 3.31. The molecule has 2 rings (SSSR count). The molecule has 1 saturated heterocycles. The molecule has 2 N–H and O–H groups in total. The van der Waals surface area contributed by atoms with Crippen LogP contribution in [0.5, 0.6) is 5.75 Å². The predicted molar refractivity (Wildman–Crippen MR) is 63.4 cm³/mol. The van der Waals surface area contributed by atoms with Gasteiger partial charge in [0.25, 0.3) is 0 Å². The van der Waals surface area contributed by atoms with Gasteiger partial charge in [0.15, 0.2) is 0 Å². The number of aromatic hydroxyl groups is 1. The van der Waals surface area contributed by atoms with E-state index in [9.17, 15) is 5.11 Å². The second-order valence-corrected chi connectivity index (χ2v) is 4.77. The maximum absolute atomic E-state index is 9.80. The topological polar surface area (TPSA) is 32.3 Å². The number of nitrogens with one attached hydrogen (secondary N) is 1. The quantitative estimate of drug-likeness (QED) is 0.763. The van der Waals surface area contributed by atoms with E-state index in [1.807, 2.05) is 0 Å². The molecule has 0 saturated carbocycles. The molecule has 0 bridgehead atoms. The monoisotopic (exact) mass is 265 g/mol. The van der Waals surface area contributed by atoms with Gasteiger partial charge in [-0.2, -0.15) is 0 Å². The Hall–Kier alpha value is -0.150. The summed E-state index contributed by atoms with van der Waals surface area (Å²) in [5, 5.41) is 14.0. The lowest BCUT2D eigenvalue weighted by atomic mass is 9.97. The largest absolute Gasteiger partial charge is 0.508 e. The summed E-state index contributed by atoms with van der Waals surface area (Å²) in [4.78, 5) is 0. The van der Waals surface area contributed by atoms with Crippen molar-refractivity contribution in [3.8, 4) is 5.75 Å². The maximum atomic E-state index is 9.80. The van der Waals surface area contributed by atoms with E-state index >= 15 is 0 Å². The summed E-state index contributed by atoms with van der Waals surface area (Å²) in [6, 6.07) is 1.45. The Morgan fingerprint density at radius 1 is 1.27 bits per heavy atom. The SMILES string of the molecule is Oc1cc(Cl)c(Cl)c(Cl)c1[C@H]1CCNC1. The molecule has 0 radical (unpaired) electrons. The predicted octanol–water partition coefficient (Wildman–Crippen LogP) is 3.43. The number of rotatable bonds is 1. The molecule has 5 heteroatoms. The molecule has 0 aliphatic carbocycles. The molecule has 0 unspecified atom stereocenters. The Labute approximate surface area is 103 Å². The number of phenolic OH excluding ortho intramolecular Hbond substituents is 1. The summed E-state index contributed by atoms with van der Waals surface area (Å²) >= 11 is 17.8. The zero-order valence-corrected chi connectivity index (χ0v) is 10.1. The van der Waals surface area contributed by atoms with E-state index < -0.39 is 0 Å². The van der Waals surface area contributed by atoms with Crippen LogP contribution in [0.4, 0.5) is 0 Å². The van der Waals surface area contributed by atoms with Crippen LogP contribution in [0.1, 0.15) is 17.9 Å². The highest BCUT2D eigenvalue weighted by molar-refractivity contribution is 6.48. The summed E-state index contributed by atoms with van der Waals surface area (Å²) in [5.74, 6) is 0.343. The van der Waals surface area contributed by atoms with Crippen LogP contribution in [0.3, 0.4) is 0 Å². The van der Waals surface area contributed by atoms with E-state index in [2.05, 4.69) is 5.32 Å². The molecule has 1 aliphatic heterocycles. The summed E-state index contributed by atoms with van der Waals surface area (Å²) in [6.07, 6.45) is 0.950. The molecular weight excluding hydrogens is 256 g/mol. The molecule has 1 aromatic rings. The molecule has 0 spiro atoms. The molecule has 0 amide bonds. The van der Waals surface area contributed by atoms with Crippen molar-refractivity contribution >= 4 is 34.8 Å². The minimum Gasteiger partial charge on any atom is -0.508 e. The summed E-state index contributed by atoms with van der Waals surface area (Å²) in [6.45, 7) is 1.74. The molecule has 1 fully saturated rings. The highest BCUT2D eigenvalue weighted by atomic mass is 35.5. The fourth-order valence-corrected chi connectivity index (χ4v) is 2.64. The number of phenols is 1. The molecule has 1 aliphatic rings. The Morgan fingerprint density at radius 2 is 2.00 bits per heavy atom. The first kappa shape index (κ1) is 11.3. The average molecular weight is 267 g/mol. The minimum atomic E-state index is 0.128. The van der Waals surface area contributed by atoms with E-state index in [1.54, 1.807) is 0 Å². The van der Waals surface area contributed by atoms with Crippen LogP contribution in [0.2, 0.25) is 15.1 Å². The van der Waals surface area contributed by atoms with Crippen LogP contribution in [-0.2, 0) is 0 Å². The molecule has 1 aromatic carbocycles. The van der Waals surface area contributed by atoms with Gasteiger partial charge in [-0.05, 0) is 13.0 Å². The zero-order valence-electron chi connectivity index (χ0n) is 7.86. The summed E-state index contributed by atoms with van der Waals surface area (Å²) in [5.41, 5.74) is 0.705. The molecular formula is C10H10Cl3NO. The van der Waals surface area contributed by atoms with Crippen molar-refractivity contribution < 1.29 is 5.11 Å². The lowest BCUT2D eigenvalue weighted by molar-refractivity contribution is 0.463. The molecule has 1 heterocycles. The van der Waals surface area contributed by atoms with Crippen LogP contribution >= 0.6 is 34.8 Å². The van der Waals surface area contributed by atoms with Gasteiger partial charge in [0.1, 0.15) is 5.75 Å². The van der Waals surface area contributed by atoms with Crippen molar-refractivity contribution in [2.45, 2.75) is 12.3 Å². The Bertz CT molecular complexity index is 389. The number of hydrogen-bond donors (Lipinski definition) is 2. The second kappa shape index (κ2) is 4.38. The lowest BCUT2D eigenvalue weighted by Gasteiger charge is -2.14. The van der Waals surface area contributed by atoms with E-state index in [0.717, 1.165) is 19.5 Å². The fourth-order valence-electron chi connectivity index (χ4n) is 1.89. The van der Waals surface area contributed by atoms with Gasteiger partial charge in [-0.15, -0.1) is 0 Å². The van der Waals surface area contributed by atoms with Gasteiger partial charge in [0, 0.05) is 24.1 Å². The first-order chi connectivity index (χ1) is 7.11. The van der Waals surface area contributed by atoms with Gasteiger partial charge >= 0.3 is 0 Å². The number of hydrogen-bond acceptors (Lipinski definition) is 2. The highest BCUT2D eigenvalue weighted by Crippen LogP contribution is 2.43. The first-order valence-electron chi connectivity index (χ1n) is 4.68. The van der Waals surface area contributed by atoms with Crippen molar-refractivity contribution in [2.75, 3.05) is 13.1 Å². The van der Waals surface area contributed by atoms with Crippen LogP contribution in [0.15, 0.2) is 6.07 Å². The highest BCUT2D eigenvalue weighted by Gasteiger charge is 2.24. The van der Waals surface area contributed by atoms with E-state index in [-0.39, 0.29) is 16.7 Å². The molecule has 2 nitrogen and oxygen atoms in total. The van der Waals surface area contributed by atoms with Crippen LogP contribution < -0.4 is 5.32 Å². The minimum absolute atomic E-state index is 0.128. The summed E-state index contributed by atoms with van der Waals surface area (Å²) in [7, 11) is 0. The van der Waals surface area contributed by atoms with Gasteiger partial charge in [-0.3, -0.25) is 0 Å². The molecule has 15 heavy (non-hydrogen) atoms. The normalized spacial score (nSPS) is 20.9. The molecule has 1 atom stereocenters. The van der Waals surface area contributed by atoms with Gasteiger partial charge < -0.3 is 10.4 Å². The van der Waals surface area contributed by atoms with Crippen molar-refractivity contribution in [1.29, 1.82) is 0 Å².